The summed E-state index contributed by atoms with van der Waals surface area (Å²) in [6, 6.07) is 10.1. The average Bonchev–Trinajstić information content (AvgIpc) is 2.43. The Hall–Kier alpha value is -1.72. The summed E-state index contributed by atoms with van der Waals surface area (Å²) >= 11 is 5.71. The summed E-state index contributed by atoms with van der Waals surface area (Å²) in [4.78, 5) is 0. The van der Waals surface area contributed by atoms with Crippen molar-refractivity contribution >= 4 is 11.6 Å². The molecular weight excluding hydrogens is 303 g/mol. The SMILES string of the molecule is NC(Cc1ccc(F)c(Cl)c1)c1ccc(OC(F)F)cc1. The monoisotopic (exact) mass is 315 g/mol. The molecular formula is C15H13ClF3NO. The molecule has 0 fully saturated rings. The van der Waals surface area contributed by atoms with Gasteiger partial charge < -0.3 is 10.5 Å². The molecule has 0 saturated carbocycles. The number of halogens is 4. The first-order chi connectivity index (χ1) is 9.95. The van der Waals surface area contributed by atoms with Gasteiger partial charge in [0.1, 0.15) is 11.6 Å². The van der Waals surface area contributed by atoms with Crippen molar-refractivity contribution in [3.8, 4) is 5.75 Å². The standard InChI is InChI=1S/C15H13ClF3NO/c16-12-7-9(1-6-13(12)17)8-14(20)10-2-4-11(5-3-10)21-15(18)19/h1-7,14-15H,8,20H2. The van der Waals surface area contributed by atoms with E-state index in [0.29, 0.717) is 6.42 Å². The van der Waals surface area contributed by atoms with Crippen molar-refractivity contribution in [2.24, 2.45) is 5.73 Å². The van der Waals surface area contributed by atoms with Gasteiger partial charge in [-0.3, -0.25) is 0 Å². The van der Waals surface area contributed by atoms with Gasteiger partial charge in [0.05, 0.1) is 5.02 Å². The van der Waals surface area contributed by atoms with Crippen molar-refractivity contribution in [3.05, 3.63) is 64.4 Å². The van der Waals surface area contributed by atoms with Crippen LogP contribution in [0.1, 0.15) is 17.2 Å². The molecule has 0 aromatic heterocycles. The van der Waals surface area contributed by atoms with E-state index in [1.807, 2.05) is 0 Å². The molecule has 0 spiro atoms. The minimum Gasteiger partial charge on any atom is -0.435 e. The third-order valence-corrected chi connectivity index (χ3v) is 3.26. The van der Waals surface area contributed by atoms with Crippen molar-refractivity contribution < 1.29 is 17.9 Å². The fourth-order valence-corrected chi connectivity index (χ4v) is 2.14. The highest BCUT2D eigenvalue weighted by Gasteiger charge is 2.10. The van der Waals surface area contributed by atoms with Crippen molar-refractivity contribution in [2.45, 2.75) is 19.1 Å². The van der Waals surface area contributed by atoms with Crippen LogP contribution in [0.4, 0.5) is 13.2 Å². The Morgan fingerprint density at radius 1 is 1.10 bits per heavy atom. The minimum absolute atomic E-state index is 0.0420. The number of hydrogen-bond donors (Lipinski definition) is 1. The first kappa shape index (κ1) is 15.7. The molecule has 1 atom stereocenters. The number of ether oxygens (including phenoxy) is 1. The van der Waals surface area contributed by atoms with Crippen LogP contribution in [-0.2, 0) is 6.42 Å². The lowest BCUT2D eigenvalue weighted by atomic mass is 9.99. The van der Waals surface area contributed by atoms with Crippen LogP contribution in [0.3, 0.4) is 0 Å². The molecule has 2 aromatic carbocycles. The normalized spacial score (nSPS) is 12.5. The van der Waals surface area contributed by atoms with Gasteiger partial charge in [-0.1, -0.05) is 29.8 Å². The van der Waals surface area contributed by atoms with Crippen LogP contribution < -0.4 is 10.5 Å². The van der Waals surface area contributed by atoms with E-state index >= 15 is 0 Å². The zero-order valence-electron chi connectivity index (χ0n) is 10.9. The Kier molecular flexibility index (Phi) is 5.09. The molecule has 0 heterocycles. The molecule has 112 valence electrons. The topological polar surface area (TPSA) is 35.2 Å². The Bertz CT molecular complexity index is 604. The maximum Gasteiger partial charge on any atom is 0.387 e. The first-order valence-electron chi connectivity index (χ1n) is 6.20. The summed E-state index contributed by atoms with van der Waals surface area (Å²) < 4.78 is 41.4. The molecule has 2 rings (SSSR count). The van der Waals surface area contributed by atoms with Gasteiger partial charge in [-0.25, -0.2) is 4.39 Å². The Labute approximate surface area is 125 Å². The molecule has 6 heteroatoms. The second-order valence-corrected chi connectivity index (χ2v) is 4.91. The molecule has 0 saturated heterocycles. The summed E-state index contributed by atoms with van der Waals surface area (Å²) in [5, 5.41) is 0.0420. The molecule has 2 nitrogen and oxygen atoms in total. The lowest BCUT2D eigenvalue weighted by molar-refractivity contribution is -0.0498. The van der Waals surface area contributed by atoms with E-state index < -0.39 is 12.4 Å². The van der Waals surface area contributed by atoms with Gasteiger partial charge in [0.25, 0.3) is 0 Å². The highest BCUT2D eigenvalue weighted by molar-refractivity contribution is 6.30. The number of alkyl halides is 2. The first-order valence-corrected chi connectivity index (χ1v) is 6.58. The number of rotatable bonds is 5. The molecule has 0 aliphatic heterocycles. The maximum absolute atomic E-state index is 13.1. The fourth-order valence-electron chi connectivity index (χ4n) is 1.93. The fraction of sp³-hybridized carbons (Fsp3) is 0.200. The summed E-state index contributed by atoms with van der Waals surface area (Å²) in [5.74, 6) is -0.409. The van der Waals surface area contributed by atoms with E-state index in [-0.39, 0.29) is 16.8 Å². The number of hydrogen-bond acceptors (Lipinski definition) is 2. The van der Waals surface area contributed by atoms with E-state index in [0.717, 1.165) is 11.1 Å². The second-order valence-electron chi connectivity index (χ2n) is 4.51. The van der Waals surface area contributed by atoms with Crippen LogP contribution in [0.2, 0.25) is 5.02 Å². The Morgan fingerprint density at radius 3 is 2.33 bits per heavy atom. The maximum atomic E-state index is 13.1. The molecule has 21 heavy (non-hydrogen) atoms. The zero-order chi connectivity index (χ0) is 15.4. The molecule has 1 unspecified atom stereocenters. The van der Waals surface area contributed by atoms with Crippen molar-refractivity contribution in [3.63, 3.8) is 0 Å². The molecule has 0 amide bonds. The largest absolute Gasteiger partial charge is 0.435 e. The Morgan fingerprint density at radius 2 is 1.76 bits per heavy atom. The lowest BCUT2D eigenvalue weighted by Crippen LogP contribution is -2.13. The highest BCUT2D eigenvalue weighted by atomic mass is 35.5. The summed E-state index contributed by atoms with van der Waals surface area (Å²) in [6.07, 6.45) is 0.453. The van der Waals surface area contributed by atoms with Crippen molar-refractivity contribution in [2.75, 3.05) is 0 Å². The van der Waals surface area contributed by atoms with Crippen LogP contribution in [-0.4, -0.2) is 6.61 Å². The van der Waals surface area contributed by atoms with E-state index in [1.165, 1.54) is 24.3 Å². The quantitative estimate of drug-likeness (QED) is 0.891. The lowest BCUT2D eigenvalue weighted by Gasteiger charge is -2.13. The Balaban J connectivity index is 2.05. The van der Waals surface area contributed by atoms with Gasteiger partial charge in [-0.15, -0.1) is 0 Å². The molecule has 2 N–H and O–H groups in total. The van der Waals surface area contributed by atoms with E-state index in [1.54, 1.807) is 18.2 Å². The third-order valence-electron chi connectivity index (χ3n) is 2.97. The second kappa shape index (κ2) is 6.83. The highest BCUT2D eigenvalue weighted by Crippen LogP contribution is 2.23. The van der Waals surface area contributed by atoms with Gasteiger partial charge in [0.2, 0.25) is 0 Å². The smallest absolute Gasteiger partial charge is 0.387 e. The van der Waals surface area contributed by atoms with Crippen LogP contribution >= 0.6 is 11.6 Å². The molecule has 0 radical (unpaired) electrons. The number of benzene rings is 2. The van der Waals surface area contributed by atoms with Gasteiger partial charge in [-0.05, 0) is 41.8 Å². The van der Waals surface area contributed by atoms with E-state index in [4.69, 9.17) is 17.3 Å². The van der Waals surface area contributed by atoms with Crippen LogP contribution in [0.15, 0.2) is 42.5 Å². The van der Waals surface area contributed by atoms with Crippen LogP contribution in [0.25, 0.3) is 0 Å². The van der Waals surface area contributed by atoms with Crippen molar-refractivity contribution in [1.82, 2.24) is 0 Å². The molecule has 2 aromatic rings. The van der Waals surface area contributed by atoms with Crippen LogP contribution in [0.5, 0.6) is 5.75 Å². The third kappa shape index (κ3) is 4.37. The molecule has 0 aliphatic rings. The summed E-state index contributed by atoms with van der Waals surface area (Å²) in [5.41, 5.74) is 7.60. The summed E-state index contributed by atoms with van der Waals surface area (Å²) in [6.45, 7) is -2.86. The van der Waals surface area contributed by atoms with Crippen LogP contribution in [0, 0.1) is 5.82 Å². The average molecular weight is 316 g/mol. The van der Waals surface area contributed by atoms with E-state index in [2.05, 4.69) is 4.74 Å². The molecule has 0 aliphatic carbocycles. The van der Waals surface area contributed by atoms with Gasteiger partial charge in [0, 0.05) is 6.04 Å². The van der Waals surface area contributed by atoms with Gasteiger partial charge in [0.15, 0.2) is 0 Å². The predicted octanol–water partition coefficient (Wildman–Crippen LogP) is 4.32. The zero-order valence-corrected chi connectivity index (χ0v) is 11.7. The molecule has 0 bridgehead atoms. The van der Waals surface area contributed by atoms with Crippen molar-refractivity contribution in [1.29, 1.82) is 0 Å². The number of nitrogens with two attached hydrogens (primary N) is 1. The minimum atomic E-state index is -2.86. The predicted molar refractivity (Wildman–Crippen MR) is 75.1 cm³/mol. The van der Waals surface area contributed by atoms with E-state index in [9.17, 15) is 13.2 Å². The summed E-state index contributed by atoms with van der Waals surface area (Å²) in [7, 11) is 0. The van der Waals surface area contributed by atoms with Gasteiger partial charge >= 0.3 is 6.61 Å². The van der Waals surface area contributed by atoms with Gasteiger partial charge in [-0.2, -0.15) is 8.78 Å².